The molecule has 2 heteroatoms. The third kappa shape index (κ3) is 0.916. The van der Waals surface area contributed by atoms with Gasteiger partial charge in [0.05, 0.1) is 6.42 Å². The van der Waals surface area contributed by atoms with Crippen molar-refractivity contribution in [2.75, 3.05) is 11.9 Å². The monoisotopic (exact) mass is 161 g/mol. The maximum Gasteiger partial charge on any atom is 0.231 e. The van der Waals surface area contributed by atoms with E-state index in [0.717, 1.165) is 11.3 Å². The molecule has 0 saturated carbocycles. The van der Waals surface area contributed by atoms with Crippen LogP contribution in [0.5, 0.6) is 0 Å². The molecule has 0 N–H and O–H groups in total. The van der Waals surface area contributed by atoms with Gasteiger partial charge in [-0.05, 0) is 18.6 Å². The third-order valence-electron chi connectivity index (χ3n) is 2.31. The van der Waals surface area contributed by atoms with E-state index in [9.17, 15) is 4.79 Å². The summed E-state index contributed by atoms with van der Waals surface area (Å²) in [6.07, 6.45) is 0.563. The molecule has 2 nitrogen and oxygen atoms in total. The molecule has 0 aliphatic carbocycles. The summed E-state index contributed by atoms with van der Waals surface area (Å²) < 4.78 is 0. The Bertz CT molecular complexity index is 344. The number of hydrogen-bond donors (Lipinski definition) is 0. The first-order valence-corrected chi connectivity index (χ1v) is 4.04. The van der Waals surface area contributed by atoms with E-state index in [1.54, 1.807) is 4.90 Å². The number of amides is 1. The second-order valence-electron chi connectivity index (χ2n) is 3.26. The van der Waals surface area contributed by atoms with Gasteiger partial charge in [-0.15, -0.1) is 0 Å². The predicted molar refractivity (Wildman–Crippen MR) is 48.3 cm³/mol. The van der Waals surface area contributed by atoms with Crippen molar-refractivity contribution in [3.63, 3.8) is 0 Å². The van der Waals surface area contributed by atoms with E-state index in [0.29, 0.717) is 6.42 Å². The number of aryl methyl sites for hydroxylation is 1. The highest BCUT2D eigenvalue weighted by Crippen LogP contribution is 2.27. The van der Waals surface area contributed by atoms with Gasteiger partial charge >= 0.3 is 0 Å². The van der Waals surface area contributed by atoms with E-state index in [-0.39, 0.29) is 5.91 Å². The molecule has 12 heavy (non-hydrogen) atoms. The van der Waals surface area contributed by atoms with Gasteiger partial charge < -0.3 is 4.90 Å². The molecule has 0 saturated heterocycles. The number of rotatable bonds is 0. The summed E-state index contributed by atoms with van der Waals surface area (Å²) in [6.45, 7) is 2.04. The van der Waals surface area contributed by atoms with Crippen molar-refractivity contribution in [1.29, 1.82) is 0 Å². The lowest BCUT2D eigenvalue weighted by atomic mass is 10.1. The van der Waals surface area contributed by atoms with Crippen LogP contribution < -0.4 is 4.90 Å². The van der Waals surface area contributed by atoms with Crippen LogP contribution in [0.2, 0.25) is 0 Å². The largest absolute Gasteiger partial charge is 0.315 e. The Labute approximate surface area is 71.8 Å². The zero-order valence-electron chi connectivity index (χ0n) is 7.29. The highest BCUT2D eigenvalue weighted by Gasteiger charge is 2.22. The van der Waals surface area contributed by atoms with Crippen LogP contribution in [0.3, 0.4) is 0 Å². The molecule has 1 aliphatic rings. The number of hydrogen-bond acceptors (Lipinski definition) is 1. The van der Waals surface area contributed by atoms with Crippen molar-refractivity contribution < 1.29 is 4.79 Å². The van der Waals surface area contributed by atoms with Crippen LogP contribution in [-0.2, 0) is 11.2 Å². The van der Waals surface area contributed by atoms with Crippen LogP contribution in [0.1, 0.15) is 11.1 Å². The molecule has 1 aromatic carbocycles. The number of benzene rings is 1. The molecule has 2 rings (SSSR count). The lowest BCUT2D eigenvalue weighted by Crippen LogP contribution is -2.20. The first-order valence-electron chi connectivity index (χ1n) is 4.04. The number of likely N-dealkylation sites (N-methyl/N-ethyl adjacent to an activating group) is 1. The van der Waals surface area contributed by atoms with E-state index in [1.165, 1.54) is 5.56 Å². The molecule has 0 bridgehead atoms. The molecule has 1 amide bonds. The predicted octanol–water partition coefficient (Wildman–Crippen LogP) is 1.51. The molecule has 1 aromatic rings. The summed E-state index contributed by atoms with van der Waals surface area (Å²) in [5.41, 5.74) is 3.44. The molecule has 0 radical (unpaired) electrons. The van der Waals surface area contributed by atoms with E-state index in [4.69, 9.17) is 0 Å². The highest BCUT2D eigenvalue weighted by molar-refractivity contribution is 6.00. The molecule has 1 aliphatic heterocycles. The van der Waals surface area contributed by atoms with Gasteiger partial charge in [0.2, 0.25) is 5.91 Å². The summed E-state index contributed by atoms with van der Waals surface area (Å²) >= 11 is 0. The zero-order chi connectivity index (χ0) is 8.72. The minimum Gasteiger partial charge on any atom is -0.315 e. The minimum absolute atomic E-state index is 0.190. The Morgan fingerprint density at radius 1 is 1.42 bits per heavy atom. The Hall–Kier alpha value is -1.31. The average Bonchev–Trinajstić information content (AvgIpc) is 2.28. The number of nitrogens with zero attached hydrogens (tertiary/aromatic N) is 1. The molecule has 1 heterocycles. The number of anilines is 1. The standard InChI is InChI=1S/C10H11NO/c1-7-3-4-9-8(5-7)6-10(12)11(9)2/h3-5H,6H2,1-2H3. The summed E-state index contributed by atoms with van der Waals surface area (Å²) in [7, 11) is 1.82. The Kier molecular flexibility index (Phi) is 1.43. The third-order valence-corrected chi connectivity index (χ3v) is 2.31. The van der Waals surface area contributed by atoms with E-state index in [1.807, 2.05) is 26.1 Å². The first-order chi connectivity index (χ1) is 5.68. The normalized spacial score (nSPS) is 15.2. The molecule has 0 fully saturated rings. The maximum absolute atomic E-state index is 11.3. The zero-order valence-corrected chi connectivity index (χ0v) is 7.29. The van der Waals surface area contributed by atoms with Gasteiger partial charge in [0.25, 0.3) is 0 Å². The molecular formula is C10H11NO. The van der Waals surface area contributed by atoms with Crippen LogP contribution >= 0.6 is 0 Å². The Morgan fingerprint density at radius 2 is 2.17 bits per heavy atom. The highest BCUT2D eigenvalue weighted by atomic mass is 16.2. The fourth-order valence-electron chi connectivity index (χ4n) is 1.60. The van der Waals surface area contributed by atoms with Crippen LogP contribution in [0.4, 0.5) is 5.69 Å². The van der Waals surface area contributed by atoms with Crippen molar-refractivity contribution >= 4 is 11.6 Å². The Balaban J connectivity index is 2.54. The number of carbonyl (C=O) groups excluding carboxylic acids is 1. The minimum atomic E-state index is 0.190. The van der Waals surface area contributed by atoms with Crippen molar-refractivity contribution in [2.45, 2.75) is 13.3 Å². The molecular weight excluding hydrogens is 150 g/mol. The Morgan fingerprint density at radius 3 is 2.92 bits per heavy atom. The molecule has 0 unspecified atom stereocenters. The summed E-state index contributed by atoms with van der Waals surface area (Å²) in [5.74, 6) is 0.190. The van der Waals surface area contributed by atoms with Crippen LogP contribution in [-0.4, -0.2) is 13.0 Å². The molecule has 62 valence electrons. The van der Waals surface area contributed by atoms with E-state index >= 15 is 0 Å². The number of carbonyl (C=O) groups is 1. The van der Waals surface area contributed by atoms with Gasteiger partial charge in [-0.3, -0.25) is 4.79 Å². The van der Waals surface area contributed by atoms with Crippen LogP contribution in [0, 0.1) is 6.92 Å². The van der Waals surface area contributed by atoms with Crippen molar-refractivity contribution in [3.05, 3.63) is 29.3 Å². The number of fused-ring (bicyclic) bond motifs is 1. The maximum atomic E-state index is 11.3. The first kappa shape index (κ1) is 7.35. The second kappa shape index (κ2) is 2.34. The SMILES string of the molecule is Cc1ccc2c(c1)CC(=O)N2C. The summed E-state index contributed by atoms with van der Waals surface area (Å²) in [5, 5.41) is 0. The van der Waals surface area contributed by atoms with Gasteiger partial charge in [-0.25, -0.2) is 0 Å². The summed E-state index contributed by atoms with van der Waals surface area (Å²) in [6, 6.07) is 6.13. The smallest absolute Gasteiger partial charge is 0.231 e. The molecule has 0 spiro atoms. The van der Waals surface area contributed by atoms with Gasteiger partial charge in [0.15, 0.2) is 0 Å². The van der Waals surface area contributed by atoms with Gasteiger partial charge in [0.1, 0.15) is 0 Å². The van der Waals surface area contributed by atoms with Crippen LogP contribution in [0.25, 0.3) is 0 Å². The van der Waals surface area contributed by atoms with Gasteiger partial charge in [-0.2, -0.15) is 0 Å². The second-order valence-corrected chi connectivity index (χ2v) is 3.26. The van der Waals surface area contributed by atoms with Crippen molar-refractivity contribution in [2.24, 2.45) is 0 Å². The quantitative estimate of drug-likeness (QED) is 0.565. The topological polar surface area (TPSA) is 20.3 Å². The van der Waals surface area contributed by atoms with Crippen LogP contribution in [0.15, 0.2) is 18.2 Å². The van der Waals surface area contributed by atoms with Gasteiger partial charge in [0, 0.05) is 12.7 Å². The van der Waals surface area contributed by atoms with Crippen molar-refractivity contribution in [1.82, 2.24) is 0 Å². The van der Waals surface area contributed by atoms with Gasteiger partial charge in [-0.1, -0.05) is 17.7 Å². The fourth-order valence-corrected chi connectivity index (χ4v) is 1.60. The lowest BCUT2D eigenvalue weighted by molar-refractivity contribution is -0.117. The fraction of sp³-hybridized carbons (Fsp3) is 0.300. The molecule has 0 aromatic heterocycles. The summed E-state index contributed by atoms with van der Waals surface area (Å²) in [4.78, 5) is 13.0. The average molecular weight is 161 g/mol. The molecule has 0 atom stereocenters. The van der Waals surface area contributed by atoms with E-state index in [2.05, 4.69) is 6.07 Å². The lowest BCUT2D eigenvalue weighted by Gasteiger charge is -2.09. The van der Waals surface area contributed by atoms with Crippen molar-refractivity contribution in [3.8, 4) is 0 Å². The van der Waals surface area contributed by atoms with E-state index < -0.39 is 0 Å².